The van der Waals surface area contributed by atoms with Gasteiger partial charge in [-0.25, -0.2) is 10.8 Å². The molecule has 2 aromatic rings. The van der Waals surface area contributed by atoms with Crippen molar-refractivity contribution in [1.82, 2.24) is 9.97 Å². The predicted octanol–water partition coefficient (Wildman–Crippen LogP) is 1.12. The van der Waals surface area contributed by atoms with Crippen LogP contribution in [0.5, 0.6) is 0 Å². The van der Waals surface area contributed by atoms with Gasteiger partial charge in [-0.05, 0) is 24.5 Å². The van der Waals surface area contributed by atoms with Crippen molar-refractivity contribution >= 4 is 22.7 Å². The van der Waals surface area contributed by atoms with E-state index in [1.165, 1.54) is 0 Å². The Morgan fingerprint density at radius 1 is 1.40 bits per heavy atom. The molecule has 0 spiro atoms. The first kappa shape index (κ1) is 13.1. The number of fused-ring (bicyclic) bond motifs is 1. The quantitative estimate of drug-likeness (QED) is 0.574. The van der Waals surface area contributed by atoms with E-state index in [1.54, 1.807) is 0 Å². The summed E-state index contributed by atoms with van der Waals surface area (Å²) in [6, 6.07) is 7.95. The highest BCUT2D eigenvalue weighted by Crippen LogP contribution is 2.33. The second-order valence-electron chi connectivity index (χ2n) is 5.24. The summed E-state index contributed by atoms with van der Waals surface area (Å²) in [4.78, 5) is 11.0. The maximum Gasteiger partial charge on any atom is 0.239 e. The number of aliphatic hydroxyl groups excluding tert-OH is 1. The Morgan fingerprint density at radius 3 is 2.95 bits per heavy atom. The van der Waals surface area contributed by atoms with Crippen molar-refractivity contribution in [1.29, 1.82) is 0 Å². The van der Waals surface area contributed by atoms with Crippen LogP contribution in [0.25, 0.3) is 10.9 Å². The van der Waals surface area contributed by atoms with Crippen molar-refractivity contribution < 1.29 is 5.11 Å². The first-order valence-electron chi connectivity index (χ1n) is 6.85. The van der Waals surface area contributed by atoms with E-state index in [9.17, 15) is 5.11 Å². The molecule has 6 nitrogen and oxygen atoms in total. The van der Waals surface area contributed by atoms with Gasteiger partial charge < -0.3 is 10.0 Å². The van der Waals surface area contributed by atoms with E-state index in [-0.39, 0.29) is 12.6 Å². The standard InChI is InChI=1S/C14H19N5O/c1-9-6-7-19(12(9)8-20)13-10-4-2-3-5-11(10)16-14(17-13)18-15/h2-5,9,12,20H,6-8,15H2,1H3,(H,16,17,18). The maximum atomic E-state index is 9.64. The molecule has 0 saturated carbocycles. The monoisotopic (exact) mass is 273 g/mol. The van der Waals surface area contributed by atoms with Crippen LogP contribution in [-0.4, -0.2) is 34.3 Å². The Balaban J connectivity index is 2.14. The number of benzene rings is 1. The molecule has 1 aliphatic heterocycles. The summed E-state index contributed by atoms with van der Waals surface area (Å²) in [6.07, 6.45) is 1.05. The minimum atomic E-state index is 0.0962. The van der Waals surface area contributed by atoms with Gasteiger partial charge in [0, 0.05) is 11.9 Å². The summed E-state index contributed by atoms with van der Waals surface area (Å²) >= 11 is 0. The lowest BCUT2D eigenvalue weighted by atomic mass is 10.0. The molecule has 2 atom stereocenters. The van der Waals surface area contributed by atoms with Gasteiger partial charge in [0.1, 0.15) is 5.82 Å². The van der Waals surface area contributed by atoms with Gasteiger partial charge in [0.2, 0.25) is 5.95 Å². The first-order valence-corrected chi connectivity index (χ1v) is 6.85. The lowest BCUT2D eigenvalue weighted by molar-refractivity contribution is 0.244. The Labute approximate surface area is 117 Å². The number of hydrogen-bond donors (Lipinski definition) is 3. The van der Waals surface area contributed by atoms with Crippen molar-refractivity contribution in [2.24, 2.45) is 11.8 Å². The minimum Gasteiger partial charge on any atom is -0.394 e. The number of para-hydroxylation sites is 1. The predicted molar refractivity (Wildman–Crippen MR) is 79.3 cm³/mol. The van der Waals surface area contributed by atoms with Crippen molar-refractivity contribution in [3.05, 3.63) is 24.3 Å². The SMILES string of the molecule is CC1CCN(c2nc(NN)nc3ccccc23)C1CO. The molecule has 0 radical (unpaired) electrons. The summed E-state index contributed by atoms with van der Waals surface area (Å²) in [5.41, 5.74) is 3.36. The second-order valence-corrected chi connectivity index (χ2v) is 5.24. The third-order valence-corrected chi connectivity index (χ3v) is 4.05. The lowest BCUT2D eigenvalue weighted by Gasteiger charge is -2.27. The topological polar surface area (TPSA) is 87.3 Å². The zero-order valence-electron chi connectivity index (χ0n) is 11.5. The van der Waals surface area contributed by atoms with Gasteiger partial charge in [0.05, 0.1) is 18.2 Å². The van der Waals surface area contributed by atoms with Crippen LogP contribution in [-0.2, 0) is 0 Å². The Bertz CT molecular complexity index is 618. The number of nitrogens with one attached hydrogen (secondary N) is 1. The number of nitrogens with two attached hydrogens (primary N) is 1. The summed E-state index contributed by atoms with van der Waals surface area (Å²) in [7, 11) is 0. The van der Waals surface area contributed by atoms with E-state index in [1.807, 2.05) is 24.3 Å². The average Bonchev–Trinajstić information content (AvgIpc) is 2.86. The molecule has 2 unspecified atom stereocenters. The van der Waals surface area contributed by atoms with E-state index >= 15 is 0 Å². The van der Waals surface area contributed by atoms with Crippen LogP contribution >= 0.6 is 0 Å². The van der Waals surface area contributed by atoms with Crippen molar-refractivity contribution in [3.8, 4) is 0 Å². The maximum absolute atomic E-state index is 9.64. The Hall–Kier alpha value is -1.92. The molecule has 0 aliphatic carbocycles. The molecule has 20 heavy (non-hydrogen) atoms. The summed E-state index contributed by atoms with van der Waals surface area (Å²) in [6.45, 7) is 3.18. The number of hydrazine groups is 1. The van der Waals surface area contributed by atoms with E-state index < -0.39 is 0 Å². The fourth-order valence-corrected chi connectivity index (χ4v) is 2.89. The molecular weight excluding hydrogens is 254 g/mol. The summed E-state index contributed by atoms with van der Waals surface area (Å²) in [5.74, 6) is 7.15. The van der Waals surface area contributed by atoms with Crippen LogP contribution in [0.2, 0.25) is 0 Å². The average molecular weight is 273 g/mol. The van der Waals surface area contributed by atoms with Crippen LogP contribution in [0, 0.1) is 5.92 Å². The number of hydrogen-bond acceptors (Lipinski definition) is 6. The molecule has 1 fully saturated rings. The minimum absolute atomic E-state index is 0.0962. The van der Waals surface area contributed by atoms with Gasteiger partial charge in [-0.2, -0.15) is 4.98 Å². The highest BCUT2D eigenvalue weighted by atomic mass is 16.3. The van der Waals surface area contributed by atoms with E-state index in [0.717, 1.165) is 29.7 Å². The number of aliphatic hydroxyl groups is 1. The summed E-state index contributed by atoms with van der Waals surface area (Å²) < 4.78 is 0. The van der Waals surface area contributed by atoms with Crippen LogP contribution in [0.3, 0.4) is 0 Å². The Morgan fingerprint density at radius 2 is 2.20 bits per heavy atom. The highest BCUT2D eigenvalue weighted by Gasteiger charge is 2.32. The third kappa shape index (κ3) is 2.07. The molecule has 1 saturated heterocycles. The molecule has 1 aromatic carbocycles. The van der Waals surface area contributed by atoms with Crippen LogP contribution in [0.15, 0.2) is 24.3 Å². The lowest BCUT2D eigenvalue weighted by Crippen LogP contribution is -2.36. The number of rotatable bonds is 3. The van der Waals surface area contributed by atoms with Crippen LogP contribution in [0.4, 0.5) is 11.8 Å². The molecule has 6 heteroatoms. The molecular formula is C14H19N5O. The van der Waals surface area contributed by atoms with Gasteiger partial charge in [0.15, 0.2) is 0 Å². The molecule has 0 amide bonds. The van der Waals surface area contributed by atoms with Gasteiger partial charge in [-0.3, -0.25) is 5.43 Å². The van der Waals surface area contributed by atoms with E-state index in [0.29, 0.717) is 11.9 Å². The molecule has 1 aromatic heterocycles. The van der Waals surface area contributed by atoms with E-state index in [2.05, 4.69) is 27.2 Å². The number of nitrogen functional groups attached to an aromatic ring is 1. The number of anilines is 2. The molecule has 3 rings (SSSR count). The third-order valence-electron chi connectivity index (χ3n) is 4.05. The molecule has 106 valence electrons. The molecule has 2 heterocycles. The molecule has 0 bridgehead atoms. The van der Waals surface area contributed by atoms with Gasteiger partial charge in [-0.15, -0.1) is 0 Å². The van der Waals surface area contributed by atoms with Gasteiger partial charge >= 0.3 is 0 Å². The van der Waals surface area contributed by atoms with Crippen LogP contribution in [0.1, 0.15) is 13.3 Å². The van der Waals surface area contributed by atoms with Gasteiger partial charge in [-0.1, -0.05) is 19.1 Å². The van der Waals surface area contributed by atoms with Crippen molar-refractivity contribution in [2.75, 3.05) is 23.5 Å². The highest BCUT2D eigenvalue weighted by molar-refractivity contribution is 5.90. The normalized spacial score (nSPS) is 22.4. The zero-order valence-corrected chi connectivity index (χ0v) is 11.5. The summed E-state index contributed by atoms with van der Waals surface area (Å²) in [5, 5.41) is 10.6. The second kappa shape index (κ2) is 5.22. The van der Waals surface area contributed by atoms with E-state index in [4.69, 9.17) is 5.84 Å². The Kier molecular flexibility index (Phi) is 3.42. The fourth-order valence-electron chi connectivity index (χ4n) is 2.89. The van der Waals surface area contributed by atoms with Crippen LogP contribution < -0.4 is 16.2 Å². The van der Waals surface area contributed by atoms with Crippen molar-refractivity contribution in [2.45, 2.75) is 19.4 Å². The first-order chi connectivity index (χ1) is 9.74. The van der Waals surface area contributed by atoms with Crippen molar-refractivity contribution in [3.63, 3.8) is 0 Å². The smallest absolute Gasteiger partial charge is 0.239 e. The molecule has 4 N–H and O–H groups in total. The fraction of sp³-hybridized carbons (Fsp3) is 0.429. The number of nitrogens with zero attached hydrogens (tertiary/aromatic N) is 3. The molecule has 1 aliphatic rings. The zero-order chi connectivity index (χ0) is 14.1. The largest absolute Gasteiger partial charge is 0.394 e. The number of aromatic nitrogens is 2. The van der Waals surface area contributed by atoms with Gasteiger partial charge in [0.25, 0.3) is 0 Å².